The molecule has 1 N–H and O–H groups in total. The van der Waals surface area contributed by atoms with Crippen molar-refractivity contribution < 1.29 is 18.0 Å². The summed E-state index contributed by atoms with van der Waals surface area (Å²) in [6.45, 7) is 5.32. The lowest BCUT2D eigenvalue weighted by molar-refractivity contribution is -0.137. The minimum atomic E-state index is -4.41. The Morgan fingerprint density at radius 3 is 2.42 bits per heavy atom. The third-order valence-corrected chi connectivity index (χ3v) is 3.74. The summed E-state index contributed by atoms with van der Waals surface area (Å²) in [5.74, 6) is 0.214. The third-order valence-electron chi connectivity index (χ3n) is 3.74. The summed E-state index contributed by atoms with van der Waals surface area (Å²) in [4.78, 5) is 18.5. The first-order chi connectivity index (χ1) is 12.3. The highest BCUT2D eigenvalue weighted by atomic mass is 19.4. The van der Waals surface area contributed by atoms with Gasteiger partial charge in [-0.2, -0.15) is 13.2 Å². The second-order valence-corrected chi connectivity index (χ2v) is 5.93. The molecule has 1 aromatic carbocycles. The van der Waals surface area contributed by atoms with Gasteiger partial charge in [-0.25, -0.2) is 4.98 Å². The fourth-order valence-electron chi connectivity index (χ4n) is 2.59. The Hall–Kier alpha value is -2.57. The molecule has 2 rings (SSSR count). The number of alkyl halides is 3. The normalized spacial score (nSPS) is 11.3. The van der Waals surface area contributed by atoms with E-state index in [1.165, 1.54) is 18.3 Å². The van der Waals surface area contributed by atoms with E-state index in [4.69, 9.17) is 0 Å². The smallest absolute Gasteiger partial charge is 0.340 e. The number of hydrogen-bond acceptors (Lipinski definition) is 3. The minimum absolute atomic E-state index is 0.108. The van der Waals surface area contributed by atoms with Gasteiger partial charge in [-0.05, 0) is 43.2 Å². The van der Waals surface area contributed by atoms with Gasteiger partial charge >= 0.3 is 6.18 Å². The van der Waals surface area contributed by atoms with Gasteiger partial charge in [0.15, 0.2) is 0 Å². The van der Waals surface area contributed by atoms with E-state index in [1.807, 2.05) is 13.8 Å². The van der Waals surface area contributed by atoms with Gasteiger partial charge in [-0.3, -0.25) is 4.79 Å². The van der Waals surface area contributed by atoms with Gasteiger partial charge in [-0.1, -0.05) is 19.9 Å². The lowest BCUT2D eigenvalue weighted by Gasteiger charge is -2.21. The van der Waals surface area contributed by atoms with Crippen LogP contribution < -0.4 is 5.32 Å². The molecule has 0 unspecified atom stereocenters. The second kappa shape index (κ2) is 8.69. The molecule has 0 radical (unpaired) electrons. The highest BCUT2D eigenvalue weighted by Crippen LogP contribution is 2.31. The number of carbonyl (C=O) groups excluding carboxylic acids is 1. The summed E-state index contributed by atoms with van der Waals surface area (Å²) in [6.07, 6.45) is -1.23. The number of anilines is 2. The highest BCUT2D eigenvalue weighted by Gasteiger charge is 2.30. The molecule has 0 fully saturated rings. The standard InChI is InChI=1S/C19H22F3N3O/c1-3-10-25(11-4-2)18(26)14-8-9-23-17(12-14)24-16-7-5-6-15(13-16)19(20,21)22/h5-9,12-13H,3-4,10-11H2,1-2H3,(H,23,24). The first-order valence-corrected chi connectivity index (χ1v) is 8.54. The van der Waals surface area contributed by atoms with Gasteiger partial charge < -0.3 is 10.2 Å². The maximum absolute atomic E-state index is 12.8. The highest BCUT2D eigenvalue weighted by molar-refractivity contribution is 5.95. The first kappa shape index (κ1) is 19.8. The van der Waals surface area contributed by atoms with Crippen LogP contribution in [0, 0.1) is 0 Å². The molecule has 0 bridgehead atoms. The average Bonchev–Trinajstić information content (AvgIpc) is 2.61. The van der Waals surface area contributed by atoms with E-state index in [9.17, 15) is 18.0 Å². The molecule has 0 atom stereocenters. The zero-order valence-electron chi connectivity index (χ0n) is 14.8. The van der Waals surface area contributed by atoms with Crippen molar-refractivity contribution in [2.24, 2.45) is 0 Å². The molecule has 0 saturated carbocycles. The summed E-state index contributed by atoms with van der Waals surface area (Å²) in [7, 11) is 0. The molecule has 1 aromatic heterocycles. The molecule has 140 valence electrons. The summed E-state index contributed by atoms with van der Waals surface area (Å²) in [5.41, 5.74) is -0.0286. The predicted octanol–water partition coefficient (Wildman–Crippen LogP) is 5.11. The van der Waals surface area contributed by atoms with Crippen LogP contribution in [-0.4, -0.2) is 28.9 Å². The van der Waals surface area contributed by atoms with Gasteiger partial charge in [0.2, 0.25) is 0 Å². The Morgan fingerprint density at radius 2 is 1.81 bits per heavy atom. The van der Waals surface area contributed by atoms with E-state index >= 15 is 0 Å². The van der Waals surface area contributed by atoms with Crippen LogP contribution in [0.25, 0.3) is 0 Å². The SMILES string of the molecule is CCCN(CCC)C(=O)c1ccnc(Nc2cccc(C(F)(F)F)c2)c1. The summed E-state index contributed by atoms with van der Waals surface area (Å²) >= 11 is 0. The van der Waals surface area contributed by atoms with E-state index in [0.29, 0.717) is 24.5 Å². The molecule has 4 nitrogen and oxygen atoms in total. The molecule has 0 aliphatic carbocycles. The van der Waals surface area contributed by atoms with Crippen LogP contribution in [0.3, 0.4) is 0 Å². The fourth-order valence-corrected chi connectivity index (χ4v) is 2.59. The number of carbonyl (C=O) groups is 1. The van der Waals surface area contributed by atoms with Gasteiger partial charge in [0.25, 0.3) is 5.91 Å². The van der Waals surface area contributed by atoms with E-state index in [-0.39, 0.29) is 11.6 Å². The number of aromatic nitrogens is 1. The number of hydrogen-bond donors (Lipinski definition) is 1. The van der Waals surface area contributed by atoms with Crippen LogP contribution in [-0.2, 0) is 6.18 Å². The van der Waals surface area contributed by atoms with E-state index in [0.717, 1.165) is 25.0 Å². The number of benzene rings is 1. The number of halogens is 3. The van der Waals surface area contributed by atoms with Crippen LogP contribution in [0.4, 0.5) is 24.7 Å². The molecule has 0 spiro atoms. The van der Waals surface area contributed by atoms with Gasteiger partial charge in [-0.15, -0.1) is 0 Å². The van der Waals surface area contributed by atoms with Crippen LogP contribution >= 0.6 is 0 Å². The van der Waals surface area contributed by atoms with Gasteiger partial charge in [0.05, 0.1) is 5.56 Å². The number of nitrogens with zero attached hydrogens (tertiary/aromatic N) is 2. The lowest BCUT2D eigenvalue weighted by Crippen LogP contribution is -2.32. The van der Waals surface area contributed by atoms with Gasteiger partial charge in [0, 0.05) is 30.5 Å². The monoisotopic (exact) mass is 365 g/mol. The van der Waals surface area contributed by atoms with Crippen LogP contribution in [0.15, 0.2) is 42.6 Å². The maximum atomic E-state index is 12.8. The van der Waals surface area contributed by atoms with E-state index in [2.05, 4.69) is 10.3 Å². The van der Waals surface area contributed by atoms with Crippen molar-refractivity contribution in [3.05, 3.63) is 53.7 Å². The quantitative estimate of drug-likeness (QED) is 0.742. The van der Waals surface area contributed by atoms with Crippen LogP contribution in [0.1, 0.15) is 42.6 Å². The van der Waals surface area contributed by atoms with Crippen molar-refractivity contribution >= 4 is 17.4 Å². The number of rotatable bonds is 7. The summed E-state index contributed by atoms with van der Waals surface area (Å²) in [5, 5.41) is 2.83. The minimum Gasteiger partial charge on any atom is -0.340 e. The fraction of sp³-hybridized carbons (Fsp3) is 0.368. The molecule has 1 heterocycles. The second-order valence-electron chi connectivity index (χ2n) is 5.93. The average molecular weight is 365 g/mol. The first-order valence-electron chi connectivity index (χ1n) is 8.54. The Bertz CT molecular complexity index is 741. The summed E-state index contributed by atoms with van der Waals surface area (Å²) in [6, 6.07) is 8.03. The third kappa shape index (κ3) is 5.21. The Kier molecular flexibility index (Phi) is 6.60. The molecule has 1 amide bonds. The van der Waals surface area contributed by atoms with Crippen molar-refractivity contribution in [3.63, 3.8) is 0 Å². The number of nitrogens with one attached hydrogen (secondary N) is 1. The molecule has 0 aliphatic heterocycles. The molecule has 0 aliphatic rings. The molecular formula is C19H22F3N3O. The van der Waals surface area contributed by atoms with Crippen molar-refractivity contribution in [3.8, 4) is 0 Å². The molecule has 7 heteroatoms. The Labute approximate surface area is 151 Å². The van der Waals surface area contributed by atoms with Crippen LogP contribution in [0.2, 0.25) is 0 Å². The maximum Gasteiger partial charge on any atom is 0.416 e. The molecule has 26 heavy (non-hydrogen) atoms. The number of pyridine rings is 1. The van der Waals surface area contributed by atoms with Crippen molar-refractivity contribution in [1.29, 1.82) is 0 Å². The molecule has 2 aromatic rings. The zero-order valence-corrected chi connectivity index (χ0v) is 14.8. The predicted molar refractivity (Wildman–Crippen MR) is 95.4 cm³/mol. The Morgan fingerprint density at radius 1 is 1.12 bits per heavy atom. The van der Waals surface area contributed by atoms with Gasteiger partial charge in [0.1, 0.15) is 5.82 Å². The number of amides is 1. The van der Waals surface area contributed by atoms with Crippen molar-refractivity contribution in [1.82, 2.24) is 9.88 Å². The summed E-state index contributed by atoms with van der Waals surface area (Å²) < 4.78 is 38.5. The lowest BCUT2D eigenvalue weighted by atomic mass is 10.2. The van der Waals surface area contributed by atoms with Crippen molar-refractivity contribution in [2.75, 3.05) is 18.4 Å². The van der Waals surface area contributed by atoms with E-state index < -0.39 is 11.7 Å². The largest absolute Gasteiger partial charge is 0.416 e. The topological polar surface area (TPSA) is 45.2 Å². The van der Waals surface area contributed by atoms with Crippen molar-refractivity contribution in [2.45, 2.75) is 32.9 Å². The van der Waals surface area contributed by atoms with Crippen LogP contribution in [0.5, 0.6) is 0 Å². The van der Waals surface area contributed by atoms with E-state index in [1.54, 1.807) is 17.0 Å². The molecule has 0 saturated heterocycles. The Balaban J connectivity index is 2.20. The zero-order chi connectivity index (χ0) is 19.2. The molecular weight excluding hydrogens is 343 g/mol.